The van der Waals surface area contributed by atoms with Crippen molar-refractivity contribution in [2.24, 2.45) is 11.6 Å². The SMILES string of the molecule is N#Cc1cc(F)ccc1Sc1cc(/C(N)=C/NN)cn2ncc(C#N)c12. The summed E-state index contributed by atoms with van der Waals surface area (Å²) in [7, 11) is 0. The number of nitrogens with one attached hydrogen (secondary N) is 1. The van der Waals surface area contributed by atoms with Crippen molar-refractivity contribution in [3.63, 3.8) is 0 Å². The molecule has 3 aromatic rings. The molecule has 0 aliphatic heterocycles. The predicted molar refractivity (Wildman–Crippen MR) is 94.6 cm³/mol. The molecular formula is C17H12FN7S. The fourth-order valence-corrected chi connectivity index (χ4v) is 3.45. The van der Waals surface area contributed by atoms with E-state index in [1.54, 1.807) is 12.3 Å². The van der Waals surface area contributed by atoms with Gasteiger partial charge in [0.15, 0.2) is 0 Å². The van der Waals surface area contributed by atoms with Crippen LogP contribution in [0, 0.1) is 28.5 Å². The van der Waals surface area contributed by atoms with Gasteiger partial charge in [-0.3, -0.25) is 5.84 Å². The van der Waals surface area contributed by atoms with Crippen molar-refractivity contribution in [1.29, 1.82) is 10.5 Å². The van der Waals surface area contributed by atoms with Crippen LogP contribution in [0.3, 0.4) is 0 Å². The van der Waals surface area contributed by atoms with Crippen LogP contribution in [-0.2, 0) is 0 Å². The van der Waals surface area contributed by atoms with E-state index in [9.17, 15) is 14.9 Å². The van der Waals surface area contributed by atoms with Gasteiger partial charge in [-0.05, 0) is 24.3 Å². The van der Waals surface area contributed by atoms with Crippen molar-refractivity contribution in [3.05, 3.63) is 65.4 Å². The van der Waals surface area contributed by atoms with E-state index in [-0.39, 0.29) is 5.56 Å². The minimum atomic E-state index is -0.493. The summed E-state index contributed by atoms with van der Waals surface area (Å²) in [4.78, 5) is 1.20. The van der Waals surface area contributed by atoms with Gasteiger partial charge in [0.05, 0.1) is 28.5 Å². The molecule has 26 heavy (non-hydrogen) atoms. The number of aromatic nitrogens is 2. The van der Waals surface area contributed by atoms with Gasteiger partial charge in [0, 0.05) is 27.8 Å². The molecule has 0 saturated heterocycles. The van der Waals surface area contributed by atoms with Gasteiger partial charge in [0.1, 0.15) is 18.0 Å². The number of hydrogen-bond donors (Lipinski definition) is 3. The highest BCUT2D eigenvalue weighted by atomic mass is 32.2. The summed E-state index contributed by atoms with van der Waals surface area (Å²) in [6.07, 6.45) is 4.53. The van der Waals surface area contributed by atoms with E-state index in [0.29, 0.717) is 32.1 Å². The second kappa shape index (κ2) is 7.15. The highest BCUT2D eigenvalue weighted by Gasteiger charge is 2.15. The first-order chi connectivity index (χ1) is 12.6. The number of fused-ring (bicyclic) bond motifs is 1. The Morgan fingerprint density at radius 1 is 1.23 bits per heavy atom. The number of hydrazine groups is 1. The van der Waals surface area contributed by atoms with Crippen LogP contribution in [0.5, 0.6) is 0 Å². The average molecular weight is 365 g/mol. The van der Waals surface area contributed by atoms with E-state index in [1.165, 1.54) is 40.8 Å². The lowest BCUT2D eigenvalue weighted by Gasteiger charge is -2.10. The van der Waals surface area contributed by atoms with Crippen molar-refractivity contribution in [3.8, 4) is 12.1 Å². The molecule has 0 aliphatic carbocycles. The van der Waals surface area contributed by atoms with Crippen molar-refractivity contribution >= 4 is 23.0 Å². The molecule has 0 amide bonds. The van der Waals surface area contributed by atoms with E-state index in [2.05, 4.69) is 16.6 Å². The van der Waals surface area contributed by atoms with Crippen LogP contribution in [0.2, 0.25) is 0 Å². The number of benzene rings is 1. The number of rotatable bonds is 4. The summed E-state index contributed by atoms with van der Waals surface area (Å²) in [5, 5.41) is 22.8. The number of halogens is 1. The molecule has 2 aromatic heterocycles. The third kappa shape index (κ3) is 3.17. The molecule has 0 saturated carbocycles. The molecule has 0 aliphatic rings. The smallest absolute Gasteiger partial charge is 0.124 e. The number of nitrogens with two attached hydrogens (primary N) is 2. The largest absolute Gasteiger partial charge is 0.397 e. The summed E-state index contributed by atoms with van der Waals surface area (Å²) in [5.41, 5.74) is 10.5. The summed E-state index contributed by atoms with van der Waals surface area (Å²) in [5.74, 6) is 4.78. The molecule has 128 valence electrons. The van der Waals surface area contributed by atoms with Gasteiger partial charge in [-0.1, -0.05) is 11.8 Å². The minimum absolute atomic E-state index is 0.198. The van der Waals surface area contributed by atoms with Crippen LogP contribution in [0.1, 0.15) is 16.7 Å². The summed E-state index contributed by atoms with van der Waals surface area (Å²) >= 11 is 1.23. The topological polar surface area (TPSA) is 129 Å². The maximum absolute atomic E-state index is 13.4. The van der Waals surface area contributed by atoms with E-state index < -0.39 is 5.82 Å². The Balaban J connectivity index is 2.20. The maximum Gasteiger partial charge on any atom is 0.124 e. The van der Waals surface area contributed by atoms with Crippen LogP contribution >= 0.6 is 11.8 Å². The van der Waals surface area contributed by atoms with Crippen molar-refractivity contribution in [2.75, 3.05) is 0 Å². The summed E-state index contributed by atoms with van der Waals surface area (Å²) < 4.78 is 14.9. The zero-order chi connectivity index (χ0) is 18.7. The molecule has 0 bridgehead atoms. The number of nitrogens with zero attached hydrogens (tertiary/aromatic N) is 4. The first kappa shape index (κ1) is 17.3. The molecule has 1 aromatic carbocycles. The van der Waals surface area contributed by atoms with Crippen molar-refractivity contribution < 1.29 is 4.39 Å². The second-order valence-corrected chi connectivity index (χ2v) is 6.26. The van der Waals surface area contributed by atoms with Gasteiger partial charge < -0.3 is 11.2 Å². The quantitative estimate of drug-likeness (QED) is 0.477. The van der Waals surface area contributed by atoms with Gasteiger partial charge in [-0.25, -0.2) is 8.91 Å². The third-order valence-corrected chi connectivity index (χ3v) is 4.66. The molecule has 3 rings (SSSR count). The predicted octanol–water partition coefficient (Wildman–Crippen LogP) is 2.09. The second-order valence-electron chi connectivity index (χ2n) is 5.18. The van der Waals surface area contributed by atoms with E-state index in [4.69, 9.17) is 11.6 Å². The Morgan fingerprint density at radius 3 is 2.69 bits per heavy atom. The molecule has 0 radical (unpaired) electrons. The summed E-state index contributed by atoms with van der Waals surface area (Å²) in [6, 6.07) is 9.78. The Labute approximate surface area is 152 Å². The first-order valence-corrected chi connectivity index (χ1v) is 8.10. The van der Waals surface area contributed by atoms with Gasteiger partial charge in [0.25, 0.3) is 0 Å². The average Bonchev–Trinajstić information content (AvgIpc) is 3.06. The van der Waals surface area contributed by atoms with E-state index in [0.717, 1.165) is 6.07 Å². The van der Waals surface area contributed by atoms with Crippen molar-refractivity contribution in [2.45, 2.75) is 9.79 Å². The molecule has 2 heterocycles. The molecule has 0 fully saturated rings. The third-order valence-electron chi connectivity index (χ3n) is 3.55. The van der Waals surface area contributed by atoms with Crippen LogP contribution in [0.15, 0.2) is 52.7 Å². The lowest BCUT2D eigenvalue weighted by molar-refractivity contribution is 0.626. The highest BCUT2D eigenvalue weighted by Crippen LogP contribution is 2.36. The molecule has 9 heteroatoms. The molecule has 0 spiro atoms. The zero-order valence-electron chi connectivity index (χ0n) is 13.3. The molecule has 0 atom stereocenters. The maximum atomic E-state index is 13.4. The summed E-state index contributed by atoms with van der Waals surface area (Å²) in [6.45, 7) is 0. The zero-order valence-corrected chi connectivity index (χ0v) is 14.1. The minimum Gasteiger partial charge on any atom is -0.397 e. The highest BCUT2D eigenvalue weighted by molar-refractivity contribution is 7.99. The van der Waals surface area contributed by atoms with Gasteiger partial charge in [0.2, 0.25) is 0 Å². The van der Waals surface area contributed by atoms with Crippen LogP contribution in [0.4, 0.5) is 4.39 Å². The number of nitriles is 2. The first-order valence-electron chi connectivity index (χ1n) is 7.28. The molecule has 7 nitrogen and oxygen atoms in total. The van der Waals surface area contributed by atoms with E-state index >= 15 is 0 Å². The normalized spacial score (nSPS) is 11.2. The Kier molecular flexibility index (Phi) is 4.76. The Bertz CT molecular complexity index is 1100. The number of pyridine rings is 1. The van der Waals surface area contributed by atoms with Gasteiger partial charge in [-0.15, -0.1) is 0 Å². The Morgan fingerprint density at radius 2 is 2.00 bits per heavy atom. The molecule has 5 N–H and O–H groups in total. The fourth-order valence-electron chi connectivity index (χ4n) is 2.37. The lowest BCUT2D eigenvalue weighted by Crippen LogP contribution is -2.16. The monoisotopic (exact) mass is 365 g/mol. The fraction of sp³-hybridized carbons (Fsp3) is 0. The van der Waals surface area contributed by atoms with Crippen LogP contribution in [0.25, 0.3) is 11.2 Å². The van der Waals surface area contributed by atoms with Crippen molar-refractivity contribution in [1.82, 2.24) is 15.0 Å². The van der Waals surface area contributed by atoms with Crippen LogP contribution in [-0.4, -0.2) is 9.61 Å². The molecular weight excluding hydrogens is 353 g/mol. The van der Waals surface area contributed by atoms with E-state index in [1.807, 2.05) is 6.07 Å². The lowest BCUT2D eigenvalue weighted by atomic mass is 10.2. The standard InChI is InChI=1S/C17H12FN7S/c18-13-1-2-15(10(3-13)5-19)26-16-4-11(14(21)8-23-22)9-25-17(16)12(6-20)7-24-25/h1-4,7-9,23H,21-22H2/b14-8-. The molecule has 0 unspecified atom stereocenters. The Hall–Kier alpha value is -3.53. The van der Waals surface area contributed by atoms with Gasteiger partial charge in [-0.2, -0.15) is 15.6 Å². The van der Waals surface area contributed by atoms with Gasteiger partial charge >= 0.3 is 0 Å². The van der Waals surface area contributed by atoms with Crippen LogP contribution < -0.4 is 17.0 Å². The number of hydrogen-bond acceptors (Lipinski definition) is 7.